The van der Waals surface area contributed by atoms with Gasteiger partial charge in [0.2, 0.25) is 0 Å². The van der Waals surface area contributed by atoms with Crippen LogP contribution in [0.2, 0.25) is 0 Å². The number of fused-ring (bicyclic) bond motifs is 2. The van der Waals surface area contributed by atoms with Crippen LogP contribution in [0.25, 0.3) is 0 Å². The summed E-state index contributed by atoms with van der Waals surface area (Å²) in [6, 6.07) is 33.4. The van der Waals surface area contributed by atoms with Crippen LogP contribution in [0.4, 0.5) is 34.1 Å². The molecule has 0 amide bonds. The van der Waals surface area contributed by atoms with Crippen LogP contribution in [-0.4, -0.2) is 97.3 Å². The van der Waals surface area contributed by atoms with Gasteiger partial charge < -0.3 is 40.5 Å². The van der Waals surface area contributed by atoms with Gasteiger partial charge in [0.1, 0.15) is 24.7 Å². The quantitative estimate of drug-likeness (QED) is 0.0639. The normalized spacial score (nSPS) is 13.6. The van der Waals surface area contributed by atoms with Crippen LogP contribution >= 0.6 is 36.7 Å². The summed E-state index contributed by atoms with van der Waals surface area (Å²) < 4.78 is 12.6. The van der Waals surface area contributed by atoms with Gasteiger partial charge in [0.05, 0.1) is 14.8 Å². The molecule has 0 bridgehead atoms. The average Bonchev–Trinajstić information content (AvgIpc) is 3.28. The number of benzene rings is 5. The molecule has 6 rings (SSSR count). The molecule has 5 aromatic carbocycles. The van der Waals surface area contributed by atoms with Gasteiger partial charge in [0, 0.05) is 117 Å². The lowest BCUT2D eigenvalue weighted by Crippen LogP contribution is -2.46. The topological polar surface area (TPSA) is 206 Å². The van der Waals surface area contributed by atoms with Crippen LogP contribution < -0.4 is 30.7 Å². The van der Waals surface area contributed by atoms with Crippen LogP contribution in [0, 0.1) is 30.3 Å². The molecule has 0 saturated carbocycles. The summed E-state index contributed by atoms with van der Waals surface area (Å²) in [5, 5.41) is 47.7. The van der Waals surface area contributed by atoms with Gasteiger partial charge in [0.15, 0.2) is 15.3 Å². The Morgan fingerprint density at radius 3 is 1.30 bits per heavy atom. The molecule has 0 radical (unpaired) electrons. The van der Waals surface area contributed by atoms with Crippen LogP contribution in [0.5, 0.6) is 11.5 Å². The number of nitro groups is 3. The van der Waals surface area contributed by atoms with Crippen LogP contribution in [0.3, 0.4) is 0 Å². The number of nitrogens with one attached hydrogen (secondary N) is 4. The van der Waals surface area contributed by atoms with E-state index in [1.54, 1.807) is 36.4 Å². The zero-order valence-corrected chi connectivity index (χ0v) is 36.7. The molecule has 0 fully saturated rings. The Kier molecular flexibility index (Phi) is 16.6. The molecule has 0 saturated heterocycles. The van der Waals surface area contributed by atoms with Gasteiger partial charge in [-0.2, -0.15) is 0 Å². The standard InChI is InChI=1S/C43H44N10O8S3/c54-51(55)36-15-9-33(10-16-36)45-41(62)44-21-22-48-23-25-49(42(63)46-34-11-17-37(18-12-34)52(56)57)29-31-5-1-3-7-39(31)60-27-28-61-40-8-4-2-6-32(40)30-50(26-24-48)43(64)47-35-13-19-38(20-14-35)53(58)59/h1-20H,21-30H2,(H,46,63)(H,47,64)(H2,44,45,62). The second-order valence-electron chi connectivity index (χ2n) is 14.3. The molecule has 1 aliphatic rings. The Balaban J connectivity index is 1.27. The van der Waals surface area contributed by atoms with E-state index < -0.39 is 14.8 Å². The second kappa shape index (κ2) is 22.9. The number of para-hydroxylation sites is 2. The largest absolute Gasteiger partial charge is 0.490 e. The van der Waals surface area contributed by atoms with Crippen molar-refractivity contribution in [1.82, 2.24) is 20.0 Å². The second-order valence-corrected chi connectivity index (χ2v) is 15.4. The third-order valence-corrected chi connectivity index (χ3v) is 10.9. The fraction of sp³-hybridized carbons (Fsp3) is 0.233. The molecular weight excluding hydrogens is 881 g/mol. The number of hydrogen-bond acceptors (Lipinski definition) is 12. The molecular formula is C43H44N10O8S3. The fourth-order valence-corrected chi connectivity index (χ4v) is 7.30. The first-order chi connectivity index (χ1) is 30.9. The smallest absolute Gasteiger partial charge is 0.269 e. The van der Waals surface area contributed by atoms with Gasteiger partial charge in [-0.3, -0.25) is 35.2 Å². The SMILES string of the molecule is O=[N+]([O-])c1ccc(NC(=S)NCCN2CCN(C(=S)Nc3ccc([N+](=O)[O-])cc3)Cc3ccccc3OCCOc3ccccc3CN(C(=S)Nc3ccc([N+](=O)[O-])cc3)CC2)cc1. The number of hydrogen-bond donors (Lipinski definition) is 4. The van der Waals surface area contributed by atoms with Gasteiger partial charge in [-0.15, -0.1) is 0 Å². The predicted octanol–water partition coefficient (Wildman–Crippen LogP) is 7.57. The highest BCUT2D eigenvalue weighted by atomic mass is 32.1. The molecule has 0 unspecified atom stereocenters. The van der Waals surface area contributed by atoms with Crippen molar-refractivity contribution in [2.75, 3.05) is 68.4 Å². The van der Waals surface area contributed by atoms with Crippen molar-refractivity contribution in [2.45, 2.75) is 13.1 Å². The molecule has 4 N–H and O–H groups in total. The number of rotatable bonds is 9. The molecule has 5 aromatic rings. The van der Waals surface area contributed by atoms with Crippen molar-refractivity contribution in [3.63, 3.8) is 0 Å². The van der Waals surface area contributed by atoms with E-state index in [1.807, 2.05) is 58.3 Å². The minimum atomic E-state index is -0.469. The first-order valence-corrected chi connectivity index (χ1v) is 21.2. The van der Waals surface area contributed by atoms with Gasteiger partial charge in [-0.05, 0) is 85.2 Å². The molecule has 332 valence electrons. The van der Waals surface area contributed by atoms with Crippen molar-refractivity contribution in [3.05, 3.63) is 163 Å². The summed E-state index contributed by atoms with van der Waals surface area (Å²) >= 11 is 17.6. The van der Waals surface area contributed by atoms with Crippen molar-refractivity contribution in [1.29, 1.82) is 0 Å². The van der Waals surface area contributed by atoms with E-state index in [0.717, 1.165) is 11.1 Å². The summed E-state index contributed by atoms with van der Waals surface area (Å²) in [5.41, 5.74) is 3.39. The number of anilines is 3. The first-order valence-electron chi connectivity index (χ1n) is 20.0. The summed E-state index contributed by atoms with van der Waals surface area (Å²) in [4.78, 5) is 38.6. The van der Waals surface area contributed by atoms with Gasteiger partial charge in [0.25, 0.3) is 17.1 Å². The molecule has 1 heterocycles. The van der Waals surface area contributed by atoms with Crippen molar-refractivity contribution < 1.29 is 24.2 Å². The van der Waals surface area contributed by atoms with Gasteiger partial charge >= 0.3 is 0 Å². The van der Waals surface area contributed by atoms with Crippen molar-refractivity contribution in [3.8, 4) is 11.5 Å². The maximum absolute atomic E-state index is 11.3. The van der Waals surface area contributed by atoms with E-state index in [-0.39, 0.29) is 30.3 Å². The predicted molar refractivity (Wildman–Crippen MR) is 257 cm³/mol. The van der Waals surface area contributed by atoms with Crippen molar-refractivity contribution >= 4 is 86.1 Å². The Labute approximate surface area is 384 Å². The maximum atomic E-state index is 11.3. The molecule has 18 nitrogen and oxygen atoms in total. The first kappa shape index (κ1) is 46.4. The highest BCUT2D eigenvalue weighted by Crippen LogP contribution is 2.25. The number of thiocarbonyl (C=S) groups is 3. The molecule has 64 heavy (non-hydrogen) atoms. The van der Waals surface area contributed by atoms with Crippen LogP contribution in [-0.2, 0) is 13.1 Å². The Hall–Kier alpha value is -7.07. The molecule has 0 spiro atoms. The lowest BCUT2D eigenvalue weighted by Gasteiger charge is -2.32. The Bertz CT molecular complexity index is 2320. The maximum Gasteiger partial charge on any atom is 0.269 e. The van der Waals surface area contributed by atoms with E-state index in [2.05, 4.69) is 26.2 Å². The van der Waals surface area contributed by atoms with E-state index in [4.69, 9.17) is 46.1 Å². The minimum Gasteiger partial charge on any atom is -0.490 e. The number of nitrogens with zero attached hydrogens (tertiary/aromatic N) is 6. The Morgan fingerprint density at radius 2 is 0.906 bits per heavy atom. The fourth-order valence-electron chi connectivity index (χ4n) is 6.54. The average molecular weight is 925 g/mol. The molecule has 1 aliphatic heterocycles. The highest BCUT2D eigenvalue weighted by Gasteiger charge is 2.20. The number of nitro benzene ring substituents is 3. The minimum absolute atomic E-state index is 0.0345. The molecule has 21 heteroatoms. The highest BCUT2D eigenvalue weighted by molar-refractivity contribution is 7.80. The Morgan fingerprint density at radius 1 is 0.531 bits per heavy atom. The summed E-state index contributed by atoms with van der Waals surface area (Å²) in [6.07, 6.45) is 0. The van der Waals surface area contributed by atoms with Crippen LogP contribution in [0.15, 0.2) is 121 Å². The molecule has 0 atom stereocenters. The monoisotopic (exact) mass is 924 g/mol. The lowest BCUT2D eigenvalue weighted by molar-refractivity contribution is -0.385. The third-order valence-electron chi connectivity index (χ3n) is 9.92. The van der Waals surface area contributed by atoms with Crippen LogP contribution in [0.1, 0.15) is 11.1 Å². The number of ether oxygens (including phenoxy) is 2. The molecule has 0 aliphatic carbocycles. The van der Waals surface area contributed by atoms with E-state index in [9.17, 15) is 30.3 Å². The van der Waals surface area contributed by atoms with Gasteiger partial charge in [-0.1, -0.05) is 36.4 Å². The van der Waals surface area contributed by atoms with Gasteiger partial charge in [-0.25, -0.2) is 0 Å². The third kappa shape index (κ3) is 13.7. The zero-order chi connectivity index (χ0) is 45.4. The molecule has 0 aromatic heterocycles. The van der Waals surface area contributed by atoms with E-state index in [1.165, 1.54) is 36.4 Å². The van der Waals surface area contributed by atoms with E-state index >= 15 is 0 Å². The number of non-ortho nitro benzene ring substituents is 3. The summed E-state index contributed by atoms with van der Waals surface area (Å²) in [6.45, 7) is 4.05. The van der Waals surface area contributed by atoms with E-state index in [0.29, 0.717) is 96.3 Å². The summed E-state index contributed by atoms with van der Waals surface area (Å²) in [5.74, 6) is 1.33. The lowest BCUT2D eigenvalue weighted by atomic mass is 10.2. The summed E-state index contributed by atoms with van der Waals surface area (Å²) in [7, 11) is 0. The zero-order valence-electron chi connectivity index (χ0n) is 34.3. The van der Waals surface area contributed by atoms with Crippen molar-refractivity contribution in [2.24, 2.45) is 0 Å².